The molecule has 3 heterocycles. The van der Waals surface area contributed by atoms with Crippen LogP contribution in [-0.4, -0.2) is 91.0 Å². The summed E-state index contributed by atoms with van der Waals surface area (Å²) in [6, 6.07) is 6.45. The van der Waals surface area contributed by atoms with E-state index < -0.39 is 0 Å². The van der Waals surface area contributed by atoms with E-state index in [4.69, 9.17) is 0 Å². The van der Waals surface area contributed by atoms with Crippen LogP contribution in [0.15, 0.2) is 29.4 Å². The maximum Gasteiger partial charge on any atom is 0.236 e. The summed E-state index contributed by atoms with van der Waals surface area (Å²) in [6.07, 6.45) is 6.64. The fourth-order valence-corrected chi connectivity index (χ4v) is 4.76. The molecule has 0 atom stereocenters. The number of nitrogens with zero attached hydrogens (tertiary/aromatic N) is 4. The number of aromatic amines is 1. The minimum absolute atomic E-state index is 0. The van der Waals surface area contributed by atoms with Gasteiger partial charge in [0.15, 0.2) is 5.96 Å². The fourth-order valence-electron chi connectivity index (χ4n) is 4.76. The van der Waals surface area contributed by atoms with Crippen molar-refractivity contribution in [2.24, 2.45) is 4.99 Å². The molecule has 0 radical (unpaired) electrons. The Hall–Kier alpha value is -1.81. The maximum atomic E-state index is 12.5. The highest BCUT2D eigenvalue weighted by atomic mass is 127. The summed E-state index contributed by atoms with van der Waals surface area (Å²) in [4.78, 5) is 27.1. The number of likely N-dealkylation sites (tertiary alicyclic amines) is 1. The van der Waals surface area contributed by atoms with E-state index in [1.165, 1.54) is 28.5 Å². The molecule has 2 aromatic rings. The lowest BCUT2D eigenvalue weighted by Crippen LogP contribution is -2.54. The van der Waals surface area contributed by atoms with Gasteiger partial charge in [0.2, 0.25) is 5.91 Å². The molecule has 2 aliphatic rings. The molecule has 8 heteroatoms. The molecule has 1 amide bonds. The van der Waals surface area contributed by atoms with E-state index in [1.807, 2.05) is 11.9 Å². The zero-order chi connectivity index (χ0) is 21.6. The summed E-state index contributed by atoms with van der Waals surface area (Å²) < 4.78 is 0. The SMILES string of the molecule is CN=C(NCCc1c[nH]c2c(C)cccc12)N1CCN(CC(=O)N2CCCCC2)CC1.I. The van der Waals surface area contributed by atoms with Crippen LogP contribution in [0, 0.1) is 6.92 Å². The van der Waals surface area contributed by atoms with E-state index in [9.17, 15) is 4.79 Å². The number of para-hydroxylation sites is 1. The number of fused-ring (bicyclic) bond motifs is 1. The first-order valence-electron chi connectivity index (χ1n) is 11.7. The van der Waals surface area contributed by atoms with Gasteiger partial charge in [0.1, 0.15) is 0 Å². The predicted molar refractivity (Wildman–Crippen MR) is 142 cm³/mol. The van der Waals surface area contributed by atoms with E-state index in [0.717, 1.165) is 71.0 Å². The summed E-state index contributed by atoms with van der Waals surface area (Å²) >= 11 is 0. The van der Waals surface area contributed by atoms with Crippen molar-refractivity contribution in [3.05, 3.63) is 35.5 Å². The largest absolute Gasteiger partial charge is 0.361 e. The third kappa shape index (κ3) is 5.95. The van der Waals surface area contributed by atoms with Crippen molar-refractivity contribution in [3.63, 3.8) is 0 Å². The third-order valence-electron chi connectivity index (χ3n) is 6.64. The van der Waals surface area contributed by atoms with Crippen LogP contribution in [-0.2, 0) is 11.2 Å². The Morgan fingerprint density at radius 2 is 1.81 bits per heavy atom. The standard InChI is InChI=1S/C24H36N6O.HI/c1-19-7-6-8-21-20(17-27-23(19)21)9-10-26-24(25-2)30-15-13-28(14-16-30)18-22(31)29-11-4-3-5-12-29;/h6-8,17,27H,3-5,9-16,18H2,1-2H3,(H,25,26);1H. The number of piperazine rings is 1. The first-order chi connectivity index (χ1) is 15.2. The summed E-state index contributed by atoms with van der Waals surface area (Å²) in [6.45, 7) is 9.03. The summed E-state index contributed by atoms with van der Waals surface area (Å²) in [5, 5.41) is 4.84. The molecule has 0 bridgehead atoms. The van der Waals surface area contributed by atoms with E-state index >= 15 is 0 Å². The second-order valence-electron chi connectivity index (χ2n) is 8.74. The molecular weight excluding hydrogens is 515 g/mol. The number of nitrogens with one attached hydrogen (secondary N) is 2. The first-order valence-corrected chi connectivity index (χ1v) is 11.7. The molecule has 0 aliphatic carbocycles. The van der Waals surface area contributed by atoms with Crippen molar-refractivity contribution in [2.75, 3.05) is 59.4 Å². The summed E-state index contributed by atoms with van der Waals surface area (Å²) in [5.41, 5.74) is 3.85. The Bertz CT molecular complexity index is 912. The number of rotatable bonds is 5. The van der Waals surface area contributed by atoms with Crippen LogP contribution in [0.4, 0.5) is 0 Å². The Morgan fingerprint density at radius 3 is 2.53 bits per heavy atom. The van der Waals surface area contributed by atoms with Crippen LogP contribution in [0.25, 0.3) is 10.9 Å². The van der Waals surface area contributed by atoms with Crippen molar-refractivity contribution < 1.29 is 4.79 Å². The molecule has 0 spiro atoms. The van der Waals surface area contributed by atoms with E-state index in [-0.39, 0.29) is 24.0 Å². The van der Waals surface area contributed by atoms with Gasteiger partial charge < -0.3 is 20.1 Å². The number of H-pyrrole nitrogens is 1. The number of carbonyl (C=O) groups excluding carboxylic acids is 1. The van der Waals surface area contributed by atoms with Gasteiger partial charge in [-0.05, 0) is 43.7 Å². The summed E-state index contributed by atoms with van der Waals surface area (Å²) in [7, 11) is 1.85. The second kappa shape index (κ2) is 11.9. The average molecular weight is 553 g/mol. The van der Waals surface area contributed by atoms with Gasteiger partial charge in [-0.1, -0.05) is 18.2 Å². The molecule has 7 nitrogen and oxygen atoms in total. The molecule has 32 heavy (non-hydrogen) atoms. The van der Waals surface area contributed by atoms with Gasteiger partial charge in [-0.15, -0.1) is 24.0 Å². The predicted octanol–water partition coefficient (Wildman–Crippen LogP) is 2.84. The molecule has 0 saturated carbocycles. The minimum atomic E-state index is 0. The number of amides is 1. The number of aliphatic imine (C=N–C) groups is 1. The molecule has 2 saturated heterocycles. The molecule has 1 aromatic carbocycles. The number of aryl methyl sites for hydroxylation is 1. The van der Waals surface area contributed by atoms with Crippen molar-refractivity contribution in [2.45, 2.75) is 32.6 Å². The topological polar surface area (TPSA) is 67.0 Å². The number of halogens is 1. The van der Waals surface area contributed by atoms with Crippen LogP contribution in [0.1, 0.15) is 30.4 Å². The van der Waals surface area contributed by atoms with E-state index in [0.29, 0.717) is 12.5 Å². The van der Waals surface area contributed by atoms with Crippen molar-refractivity contribution in [3.8, 4) is 0 Å². The van der Waals surface area contributed by atoms with E-state index in [2.05, 4.69) is 56.4 Å². The highest BCUT2D eigenvalue weighted by Crippen LogP contribution is 2.21. The molecule has 2 N–H and O–H groups in total. The van der Waals surface area contributed by atoms with Crippen LogP contribution < -0.4 is 5.32 Å². The lowest BCUT2D eigenvalue weighted by molar-refractivity contribution is -0.133. The smallest absolute Gasteiger partial charge is 0.236 e. The Morgan fingerprint density at radius 1 is 1.06 bits per heavy atom. The molecule has 176 valence electrons. The van der Waals surface area contributed by atoms with Crippen molar-refractivity contribution in [1.29, 1.82) is 0 Å². The lowest BCUT2D eigenvalue weighted by Gasteiger charge is -2.37. The number of hydrogen-bond donors (Lipinski definition) is 2. The van der Waals surface area contributed by atoms with Gasteiger partial charge in [0, 0.05) is 70.0 Å². The zero-order valence-electron chi connectivity index (χ0n) is 19.4. The molecule has 2 aliphatic heterocycles. The van der Waals surface area contributed by atoms with Crippen LogP contribution in [0.2, 0.25) is 0 Å². The molecule has 1 aromatic heterocycles. The number of guanidine groups is 1. The lowest BCUT2D eigenvalue weighted by atomic mass is 10.1. The maximum absolute atomic E-state index is 12.5. The number of piperidine rings is 1. The Balaban J connectivity index is 0.00000289. The molecule has 4 rings (SSSR count). The average Bonchev–Trinajstić information content (AvgIpc) is 3.22. The van der Waals surface area contributed by atoms with Crippen molar-refractivity contribution >= 4 is 46.7 Å². The molecular formula is C24H37IN6O. The van der Waals surface area contributed by atoms with Crippen LogP contribution in [0.3, 0.4) is 0 Å². The minimum Gasteiger partial charge on any atom is -0.361 e. The summed E-state index contributed by atoms with van der Waals surface area (Å²) in [5.74, 6) is 1.25. The second-order valence-corrected chi connectivity index (χ2v) is 8.74. The first kappa shape index (κ1) is 24.8. The molecule has 0 unspecified atom stereocenters. The number of carbonyl (C=O) groups is 1. The number of benzene rings is 1. The van der Waals surface area contributed by atoms with Gasteiger partial charge in [-0.3, -0.25) is 14.7 Å². The fraction of sp³-hybridized carbons (Fsp3) is 0.583. The van der Waals surface area contributed by atoms with Gasteiger partial charge in [0.05, 0.1) is 6.54 Å². The molecule has 2 fully saturated rings. The third-order valence-corrected chi connectivity index (χ3v) is 6.64. The van der Waals surface area contributed by atoms with Crippen LogP contribution >= 0.6 is 24.0 Å². The Labute approximate surface area is 208 Å². The van der Waals surface area contributed by atoms with Crippen molar-refractivity contribution in [1.82, 2.24) is 25.0 Å². The monoisotopic (exact) mass is 552 g/mol. The highest BCUT2D eigenvalue weighted by Gasteiger charge is 2.24. The van der Waals surface area contributed by atoms with Gasteiger partial charge >= 0.3 is 0 Å². The normalized spacial score (nSPS) is 18.0. The van der Waals surface area contributed by atoms with Gasteiger partial charge in [-0.25, -0.2) is 0 Å². The van der Waals surface area contributed by atoms with Crippen LogP contribution in [0.5, 0.6) is 0 Å². The highest BCUT2D eigenvalue weighted by molar-refractivity contribution is 14.0. The number of aromatic nitrogens is 1. The van der Waals surface area contributed by atoms with Gasteiger partial charge in [0.25, 0.3) is 0 Å². The van der Waals surface area contributed by atoms with E-state index in [1.54, 1.807) is 0 Å². The number of hydrogen-bond acceptors (Lipinski definition) is 3. The quantitative estimate of drug-likeness (QED) is 0.340. The Kier molecular flexibility index (Phi) is 9.22. The zero-order valence-corrected chi connectivity index (χ0v) is 21.7. The van der Waals surface area contributed by atoms with Gasteiger partial charge in [-0.2, -0.15) is 0 Å².